The van der Waals surface area contributed by atoms with E-state index in [1.54, 1.807) is 58.0 Å². The zero-order chi connectivity index (χ0) is 24.6. The van der Waals surface area contributed by atoms with Crippen LogP contribution in [0, 0.1) is 0 Å². The number of ether oxygens (including phenoxy) is 1. The number of aromatic nitrogens is 1. The van der Waals surface area contributed by atoms with Crippen LogP contribution < -0.4 is 5.43 Å². The van der Waals surface area contributed by atoms with Crippen LogP contribution in [0.4, 0.5) is 0 Å². The van der Waals surface area contributed by atoms with Crippen molar-refractivity contribution in [3.05, 3.63) is 58.8 Å². The van der Waals surface area contributed by atoms with Crippen LogP contribution in [0.1, 0.15) is 32.1 Å². The standard InChI is InChI=1S/C26H28N2O6S/c29-24(28(18-7-1-2-8-18)19-13-14-35(32,33)17-19)16-34-25(30)15-27-22-11-5-3-9-20(22)26(31)21-10-4-6-12-23(21)27/h3-6,9-12,18-19H,1-2,7-8,13-17H2. The third kappa shape index (κ3) is 4.69. The van der Waals surface area contributed by atoms with Gasteiger partial charge in [-0.2, -0.15) is 0 Å². The van der Waals surface area contributed by atoms with Crippen LogP contribution in [0.5, 0.6) is 0 Å². The van der Waals surface area contributed by atoms with E-state index in [4.69, 9.17) is 4.74 Å². The molecule has 0 bridgehead atoms. The summed E-state index contributed by atoms with van der Waals surface area (Å²) in [5, 5.41) is 1.01. The maximum Gasteiger partial charge on any atom is 0.326 e. The lowest BCUT2D eigenvalue weighted by Crippen LogP contribution is -2.48. The molecule has 9 heteroatoms. The Morgan fingerprint density at radius 1 is 0.914 bits per heavy atom. The molecule has 5 rings (SSSR count). The van der Waals surface area contributed by atoms with Crippen molar-refractivity contribution in [3.63, 3.8) is 0 Å². The normalized spacial score (nSPS) is 19.8. The van der Waals surface area contributed by atoms with Gasteiger partial charge in [-0.3, -0.25) is 14.4 Å². The molecule has 184 valence electrons. The van der Waals surface area contributed by atoms with Gasteiger partial charge in [0.05, 0.1) is 22.5 Å². The molecule has 2 aromatic carbocycles. The molecule has 1 aromatic heterocycles. The maximum atomic E-state index is 13.2. The summed E-state index contributed by atoms with van der Waals surface area (Å²) in [6, 6.07) is 13.8. The topological polar surface area (TPSA) is 103 Å². The van der Waals surface area contributed by atoms with Gasteiger partial charge in [0.25, 0.3) is 5.91 Å². The van der Waals surface area contributed by atoms with Crippen LogP contribution in [0.25, 0.3) is 21.8 Å². The van der Waals surface area contributed by atoms with Crippen LogP contribution in [-0.2, 0) is 30.7 Å². The quantitative estimate of drug-likeness (QED) is 0.384. The average Bonchev–Trinajstić information content (AvgIpc) is 3.50. The molecule has 35 heavy (non-hydrogen) atoms. The van der Waals surface area contributed by atoms with Crippen LogP contribution in [0.2, 0.25) is 0 Å². The molecular weight excluding hydrogens is 468 g/mol. The molecule has 1 saturated carbocycles. The highest BCUT2D eigenvalue weighted by Gasteiger charge is 2.39. The summed E-state index contributed by atoms with van der Waals surface area (Å²) in [6.45, 7) is -0.586. The van der Waals surface area contributed by atoms with Gasteiger partial charge in [-0.15, -0.1) is 0 Å². The Morgan fingerprint density at radius 3 is 2.09 bits per heavy atom. The molecule has 3 aromatic rings. The van der Waals surface area contributed by atoms with Gasteiger partial charge < -0.3 is 14.2 Å². The van der Waals surface area contributed by atoms with E-state index in [2.05, 4.69) is 0 Å². The number of esters is 1. The molecule has 1 atom stereocenters. The number of carbonyl (C=O) groups excluding carboxylic acids is 2. The number of pyridine rings is 1. The fraction of sp³-hybridized carbons (Fsp3) is 0.423. The molecule has 1 amide bonds. The SMILES string of the molecule is O=C(Cn1c2ccccc2c(=O)c2ccccc21)OCC(=O)N(C1CCCC1)C1CCS(=O)(=O)C1. The molecule has 2 heterocycles. The van der Waals surface area contributed by atoms with Crippen LogP contribution in [0.15, 0.2) is 53.3 Å². The first kappa shape index (κ1) is 23.5. The third-order valence-electron chi connectivity index (χ3n) is 7.13. The average molecular weight is 497 g/mol. The van der Waals surface area contributed by atoms with Gasteiger partial charge in [-0.1, -0.05) is 37.1 Å². The number of fused-ring (bicyclic) bond motifs is 2. The van der Waals surface area contributed by atoms with E-state index >= 15 is 0 Å². The molecule has 1 aliphatic heterocycles. The second-order valence-electron chi connectivity index (χ2n) is 9.41. The number of nitrogens with zero attached hydrogens (tertiary/aromatic N) is 2. The van der Waals surface area contributed by atoms with Crippen molar-refractivity contribution in [1.29, 1.82) is 0 Å². The summed E-state index contributed by atoms with van der Waals surface area (Å²) in [5.41, 5.74) is 1.13. The van der Waals surface area contributed by atoms with Gasteiger partial charge in [0.15, 0.2) is 21.9 Å². The highest BCUT2D eigenvalue weighted by atomic mass is 32.2. The highest BCUT2D eigenvalue weighted by Crippen LogP contribution is 2.29. The summed E-state index contributed by atoms with van der Waals surface area (Å²) >= 11 is 0. The van der Waals surface area contributed by atoms with E-state index in [1.807, 2.05) is 0 Å². The monoisotopic (exact) mass is 496 g/mol. The lowest BCUT2D eigenvalue weighted by Gasteiger charge is -2.33. The first-order chi connectivity index (χ1) is 16.8. The summed E-state index contributed by atoms with van der Waals surface area (Å²) < 4.78 is 31.2. The second-order valence-corrected chi connectivity index (χ2v) is 11.6. The van der Waals surface area contributed by atoms with Gasteiger partial charge in [0.2, 0.25) is 0 Å². The van der Waals surface area contributed by atoms with Gasteiger partial charge in [-0.05, 0) is 43.5 Å². The predicted octanol–water partition coefficient (Wildman–Crippen LogP) is 2.66. The molecule has 0 spiro atoms. The minimum Gasteiger partial charge on any atom is -0.454 e. The Kier molecular flexibility index (Phi) is 6.35. The summed E-state index contributed by atoms with van der Waals surface area (Å²) in [4.78, 5) is 40.6. The van der Waals surface area contributed by atoms with Crippen LogP contribution in [0.3, 0.4) is 0 Å². The van der Waals surface area contributed by atoms with Crippen molar-refractivity contribution in [1.82, 2.24) is 9.47 Å². The van der Waals surface area contributed by atoms with Gasteiger partial charge in [0, 0.05) is 22.9 Å². The van der Waals surface area contributed by atoms with Crippen LogP contribution in [-0.4, -0.2) is 60.0 Å². The zero-order valence-electron chi connectivity index (χ0n) is 19.4. The Bertz CT molecular complexity index is 1400. The lowest BCUT2D eigenvalue weighted by molar-refractivity contribution is -0.154. The number of hydrogen-bond acceptors (Lipinski definition) is 6. The van der Waals surface area contributed by atoms with Crippen molar-refractivity contribution < 1.29 is 22.7 Å². The molecule has 1 saturated heterocycles. The Balaban J connectivity index is 1.35. The van der Waals surface area contributed by atoms with E-state index in [0.717, 1.165) is 25.7 Å². The smallest absolute Gasteiger partial charge is 0.326 e. The molecule has 2 fully saturated rings. The van der Waals surface area contributed by atoms with Gasteiger partial charge in [-0.25, -0.2) is 8.42 Å². The van der Waals surface area contributed by atoms with E-state index in [0.29, 0.717) is 28.2 Å². The molecule has 0 radical (unpaired) electrons. The van der Waals surface area contributed by atoms with Crippen molar-refractivity contribution >= 4 is 43.5 Å². The number of rotatable bonds is 6. The minimum atomic E-state index is -3.15. The molecular formula is C26H28N2O6S. The Hall–Kier alpha value is -3.20. The van der Waals surface area contributed by atoms with E-state index in [1.165, 1.54) is 0 Å². The number of carbonyl (C=O) groups is 2. The number of para-hydroxylation sites is 2. The number of benzene rings is 2. The van der Waals surface area contributed by atoms with Gasteiger partial charge in [0.1, 0.15) is 6.54 Å². The number of hydrogen-bond donors (Lipinski definition) is 0. The largest absolute Gasteiger partial charge is 0.454 e. The number of amides is 1. The minimum absolute atomic E-state index is 0.00800. The van der Waals surface area contributed by atoms with Crippen molar-refractivity contribution in [2.24, 2.45) is 0 Å². The van der Waals surface area contributed by atoms with Crippen LogP contribution >= 0.6 is 0 Å². The molecule has 1 unspecified atom stereocenters. The maximum absolute atomic E-state index is 13.2. The van der Waals surface area contributed by atoms with Crippen molar-refractivity contribution in [2.75, 3.05) is 18.1 Å². The first-order valence-corrected chi connectivity index (χ1v) is 13.8. The molecule has 0 N–H and O–H groups in total. The van der Waals surface area contributed by atoms with Gasteiger partial charge >= 0.3 is 5.97 Å². The second kappa shape index (κ2) is 9.45. The summed E-state index contributed by atoms with van der Waals surface area (Å²) in [7, 11) is -3.15. The van der Waals surface area contributed by atoms with E-state index in [-0.39, 0.29) is 41.5 Å². The van der Waals surface area contributed by atoms with Crippen molar-refractivity contribution in [2.45, 2.75) is 50.7 Å². The van der Waals surface area contributed by atoms with E-state index < -0.39 is 22.4 Å². The predicted molar refractivity (Wildman–Crippen MR) is 133 cm³/mol. The Labute approximate surface area is 203 Å². The fourth-order valence-corrected chi connectivity index (χ4v) is 7.23. The fourth-order valence-electron chi connectivity index (χ4n) is 5.52. The summed E-state index contributed by atoms with van der Waals surface area (Å²) in [6.07, 6.45) is 4.10. The third-order valence-corrected chi connectivity index (χ3v) is 8.88. The Morgan fingerprint density at radius 2 is 1.51 bits per heavy atom. The number of sulfone groups is 1. The van der Waals surface area contributed by atoms with Crippen molar-refractivity contribution in [3.8, 4) is 0 Å². The summed E-state index contributed by atoms with van der Waals surface area (Å²) in [5.74, 6) is -0.886. The van der Waals surface area contributed by atoms with E-state index in [9.17, 15) is 22.8 Å². The highest BCUT2D eigenvalue weighted by molar-refractivity contribution is 7.91. The molecule has 2 aliphatic rings. The molecule has 8 nitrogen and oxygen atoms in total. The first-order valence-electron chi connectivity index (χ1n) is 12.0. The molecule has 1 aliphatic carbocycles. The zero-order valence-corrected chi connectivity index (χ0v) is 20.2. The lowest BCUT2D eigenvalue weighted by atomic mass is 10.1.